The van der Waals surface area contributed by atoms with Gasteiger partial charge in [-0.25, -0.2) is 0 Å². The van der Waals surface area contributed by atoms with Crippen LogP contribution in [0.3, 0.4) is 0 Å². The summed E-state index contributed by atoms with van der Waals surface area (Å²) < 4.78 is 0. The smallest absolute Gasteiger partial charge is 0.249 e. The summed E-state index contributed by atoms with van der Waals surface area (Å²) in [5, 5.41) is 8.96. The molecule has 3 rings (SSSR count). The van der Waals surface area contributed by atoms with Gasteiger partial charge in [-0.05, 0) is 24.1 Å². The van der Waals surface area contributed by atoms with E-state index in [9.17, 15) is 9.59 Å². The van der Waals surface area contributed by atoms with E-state index in [1.54, 1.807) is 0 Å². The van der Waals surface area contributed by atoms with Gasteiger partial charge in [-0.15, -0.1) is 0 Å². The summed E-state index contributed by atoms with van der Waals surface area (Å²) in [6.45, 7) is 5.12. The number of carbonyl (C=O) groups excluding carboxylic acids is 2. The Hall–Kier alpha value is -1.92. The number of benzene rings is 1. The fraction of sp³-hybridized carbons (Fsp3) is 0.500. The van der Waals surface area contributed by atoms with E-state index in [1.165, 1.54) is 5.56 Å². The highest BCUT2D eigenvalue weighted by Gasteiger charge is 2.26. The molecule has 1 atom stereocenters. The molecule has 0 radical (unpaired) electrons. The van der Waals surface area contributed by atoms with Gasteiger partial charge in [0.15, 0.2) is 0 Å². The van der Waals surface area contributed by atoms with E-state index < -0.39 is 0 Å². The van der Waals surface area contributed by atoms with Crippen LogP contribution in [0.1, 0.15) is 18.4 Å². The molecule has 0 aromatic heterocycles. The van der Waals surface area contributed by atoms with Crippen LogP contribution < -0.4 is 16.0 Å². The average molecular weight is 302 g/mol. The van der Waals surface area contributed by atoms with Gasteiger partial charge >= 0.3 is 0 Å². The van der Waals surface area contributed by atoms with E-state index >= 15 is 0 Å². The van der Waals surface area contributed by atoms with Crippen LogP contribution in [0, 0.1) is 0 Å². The highest BCUT2D eigenvalue weighted by molar-refractivity contribution is 6.01. The molecule has 1 aromatic rings. The molecule has 1 aromatic carbocycles. The molecule has 118 valence electrons. The minimum absolute atomic E-state index is 0.185. The molecule has 2 saturated heterocycles. The molecule has 0 spiro atoms. The van der Waals surface area contributed by atoms with E-state index in [1.807, 2.05) is 12.1 Å². The molecule has 6 nitrogen and oxygen atoms in total. The van der Waals surface area contributed by atoms with Crippen LogP contribution in [-0.2, 0) is 16.1 Å². The molecule has 6 heteroatoms. The zero-order chi connectivity index (χ0) is 15.4. The van der Waals surface area contributed by atoms with Crippen LogP contribution in [0.4, 0.5) is 5.69 Å². The summed E-state index contributed by atoms with van der Waals surface area (Å²) in [4.78, 5) is 25.4. The number of piperidine rings is 1. The number of piperazine rings is 1. The van der Waals surface area contributed by atoms with Crippen molar-refractivity contribution in [1.82, 2.24) is 15.5 Å². The molecule has 2 aliphatic rings. The third kappa shape index (κ3) is 3.84. The number of anilines is 1. The van der Waals surface area contributed by atoms with Crippen molar-refractivity contribution in [2.45, 2.75) is 25.4 Å². The fourth-order valence-corrected chi connectivity index (χ4v) is 2.92. The maximum absolute atomic E-state index is 11.8. The molecule has 1 unspecified atom stereocenters. The van der Waals surface area contributed by atoms with Crippen molar-refractivity contribution in [1.29, 1.82) is 0 Å². The molecular formula is C16H22N4O2. The molecule has 0 aliphatic carbocycles. The summed E-state index contributed by atoms with van der Waals surface area (Å²) in [6, 6.07) is 7.84. The van der Waals surface area contributed by atoms with Gasteiger partial charge in [0.05, 0.1) is 0 Å². The second-order valence-electron chi connectivity index (χ2n) is 5.87. The second kappa shape index (κ2) is 6.89. The maximum atomic E-state index is 11.8. The molecular weight excluding hydrogens is 280 g/mol. The van der Waals surface area contributed by atoms with Crippen molar-refractivity contribution in [3.05, 3.63) is 29.8 Å². The predicted molar refractivity (Wildman–Crippen MR) is 84.4 cm³/mol. The number of hydrogen-bond acceptors (Lipinski definition) is 5. The van der Waals surface area contributed by atoms with Gasteiger partial charge in [-0.3, -0.25) is 19.8 Å². The normalized spacial score (nSPS) is 23.2. The van der Waals surface area contributed by atoms with Crippen LogP contribution in [0.2, 0.25) is 0 Å². The lowest BCUT2D eigenvalue weighted by molar-refractivity contribution is -0.133. The van der Waals surface area contributed by atoms with Gasteiger partial charge in [0, 0.05) is 44.8 Å². The molecule has 3 N–H and O–H groups in total. The number of nitrogens with one attached hydrogen (secondary N) is 3. The Labute approximate surface area is 130 Å². The Balaban J connectivity index is 1.61. The SMILES string of the molecule is O=C1CCC(Nc2cccc(CN3CCNCC3)c2)C(=O)N1. The Morgan fingerprint density at radius 1 is 1.23 bits per heavy atom. The van der Waals surface area contributed by atoms with E-state index in [-0.39, 0.29) is 17.9 Å². The monoisotopic (exact) mass is 302 g/mol. The first-order chi connectivity index (χ1) is 10.7. The summed E-state index contributed by atoms with van der Waals surface area (Å²) in [6.07, 6.45) is 0.941. The Morgan fingerprint density at radius 3 is 2.82 bits per heavy atom. The van der Waals surface area contributed by atoms with E-state index in [0.29, 0.717) is 12.8 Å². The Kier molecular flexibility index (Phi) is 4.70. The van der Waals surface area contributed by atoms with Crippen LogP contribution in [0.15, 0.2) is 24.3 Å². The van der Waals surface area contributed by atoms with Gasteiger partial charge in [0.1, 0.15) is 6.04 Å². The van der Waals surface area contributed by atoms with Crippen molar-refractivity contribution in [2.24, 2.45) is 0 Å². The maximum Gasteiger partial charge on any atom is 0.249 e. The first-order valence-electron chi connectivity index (χ1n) is 7.83. The van der Waals surface area contributed by atoms with Gasteiger partial charge in [-0.1, -0.05) is 12.1 Å². The predicted octanol–water partition coefficient (Wildman–Crippen LogP) is 0.309. The number of hydrogen-bond donors (Lipinski definition) is 3. The standard InChI is InChI=1S/C16H22N4O2/c21-15-5-4-14(16(22)19-15)18-13-3-1-2-12(10-13)11-20-8-6-17-7-9-20/h1-3,10,14,17-18H,4-9,11H2,(H,19,21,22). The van der Waals surface area contributed by atoms with Crippen molar-refractivity contribution < 1.29 is 9.59 Å². The fourth-order valence-electron chi connectivity index (χ4n) is 2.92. The molecule has 2 amide bonds. The molecule has 0 bridgehead atoms. The third-order valence-electron chi connectivity index (χ3n) is 4.12. The number of carbonyl (C=O) groups is 2. The zero-order valence-electron chi connectivity index (χ0n) is 12.6. The van der Waals surface area contributed by atoms with Crippen molar-refractivity contribution in [3.63, 3.8) is 0 Å². The van der Waals surface area contributed by atoms with Crippen LogP contribution >= 0.6 is 0 Å². The molecule has 2 heterocycles. The topological polar surface area (TPSA) is 73.5 Å². The summed E-state index contributed by atoms with van der Waals surface area (Å²) >= 11 is 0. The minimum Gasteiger partial charge on any atom is -0.374 e. The lowest BCUT2D eigenvalue weighted by Gasteiger charge is -2.27. The number of amides is 2. The lowest BCUT2D eigenvalue weighted by Crippen LogP contribution is -2.47. The molecule has 2 aliphatic heterocycles. The van der Waals surface area contributed by atoms with E-state index in [4.69, 9.17) is 0 Å². The number of imide groups is 1. The van der Waals surface area contributed by atoms with Crippen LogP contribution in [-0.4, -0.2) is 48.9 Å². The number of nitrogens with zero attached hydrogens (tertiary/aromatic N) is 1. The van der Waals surface area contributed by atoms with Gasteiger partial charge in [0.2, 0.25) is 11.8 Å². The van der Waals surface area contributed by atoms with Gasteiger partial charge in [0.25, 0.3) is 0 Å². The third-order valence-corrected chi connectivity index (χ3v) is 4.12. The largest absolute Gasteiger partial charge is 0.374 e. The molecule has 0 saturated carbocycles. The zero-order valence-corrected chi connectivity index (χ0v) is 12.6. The minimum atomic E-state index is -0.327. The summed E-state index contributed by atoms with van der Waals surface area (Å²) in [7, 11) is 0. The quantitative estimate of drug-likeness (QED) is 0.698. The molecule has 22 heavy (non-hydrogen) atoms. The van der Waals surface area contributed by atoms with E-state index in [2.05, 4.69) is 33.0 Å². The number of rotatable bonds is 4. The average Bonchev–Trinajstić information content (AvgIpc) is 2.52. The van der Waals surface area contributed by atoms with Crippen molar-refractivity contribution in [3.8, 4) is 0 Å². The van der Waals surface area contributed by atoms with Crippen molar-refractivity contribution in [2.75, 3.05) is 31.5 Å². The summed E-state index contributed by atoms with van der Waals surface area (Å²) in [5.74, 6) is -0.417. The van der Waals surface area contributed by atoms with Gasteiger partial charge in [-0.2, -0.15) is 0 Å². The van der Waals surface area contributed by atoms with Crippen LogP contribution in [0.5, 0.6) is 0 Å². The van der Waals surface area contributed by atoms with Gasteiger partial charge < -0.3 is 10.6 Å². The Morgan fingerprint density at radius 2 is 2.05 bits per heavy atom. The van der Waals surface area contributed by atoms with Crippen molar-refractivity contribution >= 4 is 17.5 Å². The van der Waals surface area contributed by atoms with E-state index in [0.717, 1.165) is 38.4 Å². The summed E-state index contributed by atoms with van der Waals surface area (Å²) in [5.41, 5.74) is 2.17. The Bertz CT molecular complexity index is 555. The first kappa shape index (κ1) is 15.0. The lowest BCUT2D eigenvalue weighted by atomic mass is 10.1. The second-order valence-corrected chi connectivity index (χ2v) is 5.87. The highest BCUT2D eigenvalue weighted by Crippen LogP contribution is 2.17. The molecule has 2 fully saturated rings. The first-order valence-corrected chi connectivity index (χ1v) is 7.83. The highest BCUT2D eigenvalue weighted by atomic mass is 16.2. The van der Waals surface area contributed by atoms with Crippen LogP contribution in [0.25, 0.3) is 0 Å².